The van der Waals surface area contributed by atoms with E-state index in [1.807, 2.05) is 6.92 Å². The van der Waals surface area contributed by atoms with Gasteiger partial charge in [-0.25, -0.2) is 0 Å². The summed E-state index contributed by atoms with van der Waals surface area (Å²) in [6.45, 7) is 5.97. The Morgan fingerprint density at radius 1 is 1.62 bits per heavy atom. The molecule has 4 nitrogen and oxygen atoms in total. The van der Waals surface area contributed by atoms with Crippen LogP contribution in [0.1, 0.15) is 33.1 Å². The van der Waals surface area contributed by atoms with Gasteiger partial charge in [0.1, 0.15) is 5.41 Å². The topological polar surface area (TPSA) is 62.1 Å². The van der Waals surface area contributed by atoms with E-state index in [4.69, 9.17) is 10.00 Å². The van der Waals surface area contributed by atoms with Crippen molar-refractivity contribution in [3.8, 4) is 6.07 Å². The van der Waals surface area contributed by atoms with Crippen LogP contribution in [0.15, 0.2) is 0 Å². The average molecular weight is 224 g/mol. The van der Waals surface area contributed by atoms with E-state index >= 15 is 0 Å². The third-order valence-electron chi connectivity index (χ3n) is 3.00. The van der Waals surface area contributed by atoms with Crippen molar-refractivity contribution in [2.45, 2.75) is 33.1 Å². The van der Waals surface area contributed by atoms with Crippen molar-refractivity contribution in [2.75, 3.05) is 19.8 Å². The van der Waals surface area contributed by atoms with Crippen LogP contribution in [0.3, 0.4) is 0 Å². The number of rotatable bonds is 6. The minimum absolute atomic E-state index is 0.107. The van der Waals surface area contributed by atoms with Gasteiger partial charge in [-0.15, -0.1) is 0 Å². The van der Waals surface area contributed by atoms with E-state index in [2.05, 4.69) is 18.3 Å². The van der Waals surface area contributed by atoms with E-state index in [-0.39, 0.29) is 5.91 Å². The van der Waals surface area contributed by atoms with Crippen molar-refractivity contribution in [1.29, 1.82) is 5.26 Å². The zero-order valence-corrected chi connectivity index (χ0v) is 10.1. The van der Waals surface area contributed by atoms with Gasteiger partial charge in [0.05, 0.1) is 6.07 Å². The minimum Gasteiger partial charge on any atom is -0.382 e. The molecule has 0 radical (unpaired) electrons. The van der Waals surface area contributed by atoms with E-state index in [0.717, 1.165) is 6.42 Å². The molecule has 0 aromatic rings. The molecule has 1 N–H and O–H groups in total. The maximum atomic E-state index is 11.8. The largest absolute Gasteiger partial charge is 0.382 e. The van der Waals surface area contributed by atoms with E-state index in [1.54, 1.807) is 0 Å². The summed E-state index contributed by atoms with van der Waals surface area (Å²) in [4.78, 5) is 11.8. The molecule has 0 saturated heterocycles. The van der Waals surface area contributed by atoms with Crippen LogP contribution in [0.2, 0.25) is 0 Å². The highest BCUT2D eigenvalue weighted by molar-refractivity contribution is 5.86. The molecule has 0 atom stereocenters. The molecular formula is C12H20N2O2. The predicted octanol–water partition coefficient (Wildman–Crippen LogP) is 1.47. The summed E-state index contributed by atoms with van der Waals surface area (Å²) in [6, 6.07) is 2.15. The fraction of sp³-hybridized carbons (Fsp3) is 0.833. The van der Waals surface area contributed by atoms with Crippen molar-refractivity contribution in [3.05, 3.63) is 0 Å². The van der Waals surface area contributed by atoms with E-state index in [1.165, 1.54) is 0 Å². The molecule has 1 aliphatic carbocycles. The van der Waals surface area contributed by atoms with Gasteiger partial charge in [0, 0.05) is 19.8 Å². The molecule has 1 aliphatic rings. The van der Waals surface area contributed by atoms with Crippen LogP contribution >= 0.6 is 0 Å². The predicted molar refractivity (Wildman–Crippen MR) is 60.6 cm³/mol. The van der Waals surface area contributed by atoms with Crippen LogP contribution in [-0.4, -0.2) is 25.7 Å². The molecule has 1 amide bonds. The monoisotopic (exact) mass is 224 g/mol. The molecule has 0 aromatic carbocycles. The first-order chi connectivity index (χ1) is 7.64. The number of nitrogens with one attached hydrogen (secondary N) is 1. The summed E-state index contributed by atoms with van der Waals surface area (Å²) in [5.41, 5.74) is -0.745. The first-order valence-electron chi connectivity index (χ1n) is 5.92. The average Bonchev–Trinajstić information content (AvgIpc) is 2.24. The van der Waals surface area contributed by atoms with Crippen LogP contribution in [0.4, 0.5) is 0 Å². The van der Waals surface area contributed by atoms with Gasteiger partial charge in [-0.1, -0.05) is 6.92 Å². The summed E-state index contributed by atoms with van der Waals surface area (Å²) >= 11 is 0. The Labute approximate surface area is 97.0 Å². The second-order valence-corrected chi connectivity index (χ2v) is 4.51. The third kappa shape index (κ3) is 2.96. The number of nitriles is 1. The van der Waals surface area contributed by atoms with Crippen LogP contribution < -0.4 is 5.32 Å². The first kappa shape index (κ1) is 13.0. The molecule has 1 rings (SSSR count). The second-order valence-electron chi connectivity index (χ2n) is 4.51. The van der Waals surface area contributed by atoms with Crippen LogP contribution in [0, 0.1) is 22.7 Å². The number of ether oxygens (including phenoxy) is 1. The fourth-order valence-corrected chi connectivity index (χ4v) is 2.15. The number of carbonyl (C=O) groups excluding carboxylic acids is 1. The van der Waals surface area contributed by atoms with Gasteiger partial charge in [0.15, 0.2) is 0 Å². The number of hydrogen-bond acceptors (Lipinski definition) is 3. The smallest absolute Gasteiger partial charge is 0.240 e. The van der Waals surface area contributed by atoms with Crippen molar-refractivity contribution in [2.24, 2.45) is 11.3 Å². The van der Waals surface area contributed by atoms with Crippen LogP contribution in [-0.2, 0) is 9.53 Å². The van der Waals surface area contributed by atoms with E-state index < -0.39 is 5.41 Å². The number of carbonyl (C=O) groups is 1. The lowest BCUT2D eigenvalue weighted by atomic mass is 9.63. The summed E-state index contributed by atoms with van der Waals surface area (Å²) < 4.78 is 5.17. The van der Waals surface area contributed by atoms with E-state index in [0.29, 0.717) is 38.5 Å². The Morgan fingerprint density at radius 2 is 2.31 bits per heavy atom. The molecular weight excluding hydrogens is 204 g/mol. The normalized spacial score (nSPS) is 27.9. The Kier molecular flexibility index (Phi) is 4.75. The minimum atomic E-state index is -0.745. The molecule has 0 spiro atoms. The first-order valence-corrected chi connectivity index (χ1v) is 5.92. The number of hydrogen-bond donors (Lipinski definition) is 1. The highest BCUT2D eigenvalue weighted by atomic mass is 16.5. The van der Waals surface area contributed by atoms with Gasteiger partial charge in [0.25, 0.3) is 0 Å². The Hall–Kier alpha value is -1.08. The van der Waals surface area contributed by atoms with Crippen molar-refractivity contribution in [3.63, 3.8) is 0 Å². The molecule has 0 heterocycles. The second kappa shape index (κ2) is 5.86. The summed E-state index contributed by atoms with van der Waals surface area (Å²) in [6.07, 6.45) is 2.19. The molecule has 16 heavy (non-hydrogen) atoms. The summed E-state index contributed by atoms with van der Waals surface area (Å²) in [7, 11) is 0. The highest BCUT2D eigenvalue weighted by Gasteiger charge is 2.48. The molecule has 0 aromatic heterocycles. The van der Waals surface area contributed by atoms with Crippen LogP contribution in [0.5, 0.6) is 0 Å². The molecule has 90 valence electrons. The fourth-order valence-electron chi connectivity index (χ4n) is 2.15. The lowest BCUT2D eigenvalue weighted by molar-refractivity contribution is -0.133. The van der Waals surface area contributed by atoms with Crippen molar-refractivity contribution >= 4 is 5.91 Å². The lowest BCUT2D eigenvalue weighted by Crippen LogP contribution is -2.48. The quantitative estimate of drug-likeness (QED) is 0.695. The molecule has 0 bridgehead atoms. The zero-order valence-electron chi connectivity index (χ0n) is 10.1. The summed E-state index contributed by atoms with van der Waals surface area (Å²) in [5.74, 6) is 0.387. The van der Waals surface area contributed by atoms with Crippen molar-refractivity contribution < 1.29 is 9.53 Å². The number of amides is 1. The maximum Gasteiger partial charge on any atom is 0.240 e. The molecule has 0 aliphatic heterocycles. The van der Waals surface area contributed by atoms with Gasteiger partial charge in [0.2, 0.25) is 5.91 Å². The van der Waals surface area contributed by atoms with Crippen LogP contribution in [0.25, 0.3) is 0 Å². The zero-order chi connectivity index (χ0) is 12.0. The molecule has 4 heteroatoms. The molecule has 1 fully saturated rings. The van der Waals surface area contributed by atoms with E-state index in [9.17, 15) is 4.79 Å². The third-order valence-corrected chi connectivity index (χ3v) is 3.00. The van der Waals surface area contributed by atoms with Gasteiger partial charge in [-0.2, -0.15) is 5.26 Å². The number of nitrogens with zero attached hydrogens (tertiary/aromatic N) is 1. The lowest BCUT2D eigenvalue weighted by Gasteiger charge is -2.39. The van der Waals surface area contributed by atoms with Gasteiger partial charge >= 0.3 is 0 Å². The molecule has 0 unspecified atom stereocenters. The molecule has 1 saturated carbocycles. The maximum absolute atomic E-state index is 11.8. The Balaban J connectivity index is 2.22. The van der Waals surface area contributed by atoms with Crippen molar-refractivity contribution in [1.82, 2.24) is 5.32 Å². The SMILES string of the molecule is CCOCCCNC(=O)C1(C#N)CC(C)C1. The van der Waals surface area contributed by atoms with Gasteiger partial charge in [-0.05, 0) is 32.1 Å². The van der Waals surface area contributed by atoms with Gasteiger partial charge in [-0.3, -0.25) is 4.79 Å². The summed E-state index contributed by atoms with van der Waals surface area (Å²) in [5, 5.41) is 11.8. The highest BCUT2D eigenvalue weighted by Crippen LogP contribution is 2.44. The van der Waals surface area contributed by atoms with Gasteiger partial charge < -0.3 is 10.1 Å². The Bertz CT molecular complexity index is 277. The standard InChI is InChI=1S/C12H20N2O2/c1-3-16-6-4-5-14-11(15)12(9-13)7-10(2)8-12/h10H,3-8H2,1-2H3,(H,14,15). The Morgan fingerprint density at radius 3 is 2.81 bits per heavy atom.